The Morgan fingerprint density at radius 3 is 2.56 bits per heavy atom. The highest BCUT2D eigenvalue weighted by atomic mass is 32.1. The van der Waals surface area contributed by atoms with E-state index in [1.54, 1.807) is 23.1 Å². The normalized spacial score (nSPS) is 14.7. The molecule has 1 aliphatic heterocycles. The summed E-state index contributed by atoms with van der Waals surface area (Å²) in [6.07, 6.45) is 1.25. The molecule has 3 rings (SSSR count). The molecule has 0 spiro atoms. The van der Waals surface area contributed by atoms with Gasteiger partial charge in [0.15, 0.2) is 0 Å². The number of nitrogens with one attached hydrogen (secondary N) is 1. The second-order valence-corrected chi connectivity index (χ2v) is 7.50. The maximum absolute atomic E-state index is 12.6. The maximum Gasteiger partial charge on any atom is 0.337 e. The molecule has 1 fully saturated rings. The number of amides is 2. The summed E-state index contributed by atoms with van der Waals surface area (Å²) in [7, 11) is 1.33. The van der Waals surface area contributed by atoms with Crippen LogP contribution in [0.4, 0.5) is 5.69 Å². The van der Waals surface area contributed by atoms with Crippen LogP contribution in [-0.2, 0) is 9.53 Å². The molecule has 0 saturated carbocycles. The third-order valence-corrected chi connectivity index (χ3v) is 5.66. The van der Waals surface area contributed by atoms with Crippen LogP contribution >= 0.6 is 11.3 Å². The predicted molar refractivity (Wildman–Crippen MR) is 104 cm³/mol. The Labute approximate surface area is 162 Å². The Bertz CT molecular complexity index is 840. The first-order valence-electron chi connectivity index (χ1n) is 8.82. The van der Waals surface area contributed by atoms with Crippen molar-refractivity contribution in [3.8, 4) is 0 Å². The molecule has 1 aromatic carbocycles. The molecular weight excluding hydrogens is 364 g/mol. The third kappa shape index (κ3) is 4.36. The molecule has 2 heterocycles. The van der Waals surface area contributed by atoms with Gasteiger partial charge in [-0.3, -0.25) is 9.59 Å². The summed E-state index contributed by atoms with van der Waals surface area (Å²) in [5, 5.41) is 4.81. The highest BCUT2D eigenvalue weighted by molar-refractivity contribution is 7.12. The molecule has 0 bridgehead atoms. The van der Waals surface area contributed by atoms with Crippen LogP contribution in [0.15, 0.2) is 35.7 Å². The van der Waals surface area contributed by atoms with Crippen molar-refractivity contribution in [3.05, 3.63) is 51.7 Å². The Balaban J connectivity index is 1.60. The number of anilines is 1. The minimum absolute atomic E-state index is 0.0329. The van der Waals surface area contributed by atoms with E-state index in [4.69, 9.17) is 4.74 Å². The van der Waals surface area contributed by atoms with Crippen molar-refractivity contribution in [1.29, 1.82) is 0 Å². The van der Waals surface area contributed by atoms with Crippen molar-refractivity contribution >= 4 is 34.8 Å². The Morgan fingerprint density at radius 2 is 1.93 bits per heavy atom. The van der Waals surface area contributed by atoms with E-state index in [0.717, 1.165) is 10.4 Å². The van der Waals surface area contributed by atoms with Gasteiger partial charge >= 0.3 is 5.97 Å². The zero-order chi connectivity index (χ0) is 19.4. The molecule has 1 N–H and O–H groups in total. The van der Waals surface area contributed by atoms with E-state index in [1.165, 1.54) is 18.4 Å². The molecule has 1 aliphatic rings. The maximum atomic E-state index is 12.6. The molecule has 0 unspecified atom stereocenters. The van der Waals surface area contributed by atoms with Crippen molar-refractivity contribution in [2.75, 3.05) is 25.5 Å². The number of thiophene rings is 1. The minimum atomic E-state index is -0.439. The van der Waals surface area contributed by atoms with Gasteiger partial charge in [-0.2, -0.15) is 0 Å². The Hall–Kier alpha value is -2.67. The number of ether oxygens (including phenoxy) is 1. The van der Waals surface area contributed by atoms with Crippen molar-refractivity contribution < 1.29 is 19.1 Å². The van der Waals surface area contributed by atoms with Crippen LogP contribution in [0.2, 0.25) is 0 Å². The average molecular weight is 386 g/mol. The highest BCUT2D eigenvalue weighted by Crippen LogP contribution is 2.24. The first-order chi connectivity index (χ1) is 13.0. The zero-order valence-corrected chi connectivity index (χ0v) is 16.2. The number of aryl methyl sites for hydroxylation is 1. The van der Waals surface area contributed by atoms with Gasteiger partial charge in [-0.1, -0.05) is 12.1 Å². The summed E-state index contributed by atoms with van der Waals surface area (Å²) in [6.45, 7) is 3.00. The van der Waals surface area contributed by atoms with Gasteiger partial charge in [0, 0.05) is 24.7 Å². The summed E-state index contributed by atoms with van der Waals surface area (Å²) >= 11 is 1.43. The molecule has 1 saturated heterocycles. The molecule has 0 radical (unpaired) electrons. The first kappa shape index (κ1) is 19.1. The van der Waals surface area contributed by atoms with E-state index < -0.39 is 5.97 Å². The van der Waals surface area contributed by atoms with Crippen LogP contribution in [0.5, 0.6) is 0 Å². The number of benzene rings is 1. The fourth-order valence-electron chi connectivity index (χ4n) is 3.14. The molecule has 1 aromatic heterocycles. The van der Waals surface area contributed by atoms with Gasteiger partial charge in [0.25, 0.3) is 5.91 Å². The van der Waals surface area contributed by atoms with Crippen LogP contribution in [0.25, 0.3) is 0 Å². The quantitative estimate of drug-likeness (QED) is 0.818. The smallest absolute Gasteiger partial charge is 0.337 e. The topological polar surface area (TPSA) is 75.7 Å². The van der Waals surface area contributed by atoms with Crippen molar-refractivity contribution in [3.63, 3.8) is 0 Å². The lowest BCUT2D eigenvalue weighted by atomic mass is 9.95. The Morgan fingerprint density at radius 1 is 1.19 bits per heavy atom. The largest absolute Gasteiger partial charge is 0.465 e. The summed E-state index contributed by atoms with van der Waals surface area (Å²) < 4.78 is 4.73. The van der Waals surface area contributed by atoms with E-state index >= 15 is 0 Å². The van der Waals surface area contributed by atoms with Crippen molar-refractivity contribution in [2.24, 2.45) is 5.92 Å². The summed E-state index contributed by atoms with van der Waals surface area (Å²) in [5.74, 6) is -0.640. The lowest BCUT2D eigenvalue weighted by Crippen LogP contribution is -2.41. The number of esters is 1. The number of hydrogen-bond donors (Lipinski definition) is 1. The van der Waals surface area contributed by atoms with Gasteiger partial charge in [-0.15, -0.1) is 11.3 Å². The number of methoxy groups -OCH3 is 1. The summed E-state index contributed by atoms with van der Waals surface area (Å²) in [4.78, 5) is 39.3. The van der Waals surface area contributed by atoms with Crippen molar-refractivity contribution in [1.82, 2.24) is 4.90 Å². The fraction of sp³-hybridized carbons (Fsp3) is 0.350. The molecule has 142 valence electrons. The van der Waals surface area contributed by atoms with Gasteiger partial charge < -0.3 is 15.0 Å². The summed E-state index contributed by atoms with van der Waals surface area (Å²) in [5.41, 5.74) is 1.89. The van der Waals surface area contributed by atoms with E-state index in [2.05, 4.69) is 5.32 Å². The fourth-order valence-corrected chi connectivity index (χ4v) is 3.83. The molecule has 7 heteroatoms. The van der Waals surface area contributed by atoms with Gasteiger partial charge in [0.2, 0.25) is 5.91 Å². The number of piperidine rings is 1. The van der Waals surface area contributed by atoms with Crippen LogP contribution in [0.3, 0.4) is 0 Å². The predicted octanol–water partition coefficient (Wildman–Crippen LogP) is 3.33. The third-order valence-electron chi connectivity index (χ3n) is 4.80. The SMILES string of the molecule is COC(=O)c1ccc(C)c(NC(=O)C2CCN(C(=O)c3cccs3)CC2)c1. The number of carbonyl (C=O) groups excluding carboxylic acids is 3. The van der Waals surface area contributed by atoms with Gasteiger partial charge in [0.1, 0.15) is 0 Å². The molecule has 0 aliphatic carbocycles. The zero-order valence-electron chi connectivity index (χ0n) is 15.4. The van der Waals surface area contributed by atoms with E-state index in [0.29, 0.717) is 37.2 Å². The summed E-state index contributed by atoms with van der Waals surface area (Å²) in [6, 6.07) is 8.77. The molecule has 2 aromatic rings. The number of nitrogens with zero attached hydrogens (tertiary/aromatic N) is 1. The standard InChI is InChI=1S/C20H22N2O4S/c1-13-5-6-15(20(25)26-2)12-16(13)21-18(23)14-7-9-22(10-8-14)19(24)17-4-3-11-27-17/h3-6,11-12,14H,7-10H2,1-2H3,(H,21,23). The molecule has 27 heavy (non-hydrogen) atoms. The van der Waals surface area contributed by atoms with Crippen LogP contribution in [0.1, 0.15) is 38.4 Å². The van der Waals surface area contributed by atoms with Crippen LogP contribution in [0, 0.1) is 12.8 Å². The number of carbonyl (C=O) groups is 3. The van der Waals surface area contributed by atoms with Gasteiger partial charge in [-0.25, -0.2) is 4.79 Å². The molecule has 2 amide bonds. The van der Waals surface area contributed by atoms with Gasteiger partial charge in [0.05, 0.1) is 17.6 Å². The molecular formula is C20H22N2O4S. The Kier molecular flexibility index (Phi) is 5.91. The highest BCUT2D eigenvalue weighted by Gasteiger charge is 2.28. The minimum Gasteiger partial charge on any atom is -0.465 e. The average Bonchev–Trinajstić information content (AvgIpc) is 3.23. The van der Waals surface area contributed by atoms with Crippen LogP contribution < -0.4 is 5.32 Å². The molecule has 0 atom stereocenters. The number of rotatable bonds is 4. The lowest BCUT2D eigenvalue weighted by Gasteiger charge is -2.31. The van der Waals surface area contributed by atoms with Gasteiger partial charge in [-0.05, 0) is 48.9 Å². The lowest BCUT2D eigenvalue weighted by molar-refractivity contribution is -0.121. The van der Waals surface area contributed by atoms with Crippen LogP contribution in [-0.4, -0.2) is 42.9 Å². The second kappa shape index (κ2) is 8.35. The van der Waals surface area contributed by atoms with E-state index in [1.807, 2.05) is 24.4 Å². The second-order valence-electron chi connectivity index (χ2n) is 6.55. The number of likely N-dealkylation sites (tertiary alicyclic amines) is 1. The van der Waals surface area contributed by atoms with E-state index in [-0.39, 0.29) is 17.7 Å². The van der Waals surface area contributed by atoms with E-state index in [9.17, 15) is 14.4 Å². The monoisotopic (exact) mass is 386 g/mol. The van der Waals surface area contributed by atoms with Crippen molar-refractivity contribution in [2.45, 2.75) is 19.8 Å². The molecule has 6 nitrogen and oxygen atoms in total. The number of hydrogen-bond acceptors (Lipinski definition) is 5. The first-order valence-corrected chi connectivity index (χ1v) is 9.70.